The molecule has 2 N–H and O–H groups in total. The van der Waals surface area contributed by atoms with Crippen LogP contribution in [0.5, 0.6) is 5.75 Å². The second-order valence-corrected chi connectivity index (χ2v) is 11.4. The SMILES string of the molecule is CN(C)CCCOc1ccccc1-c1ccc(S(=O)(=O)N2CCN(C3=NCC(C(=O)NO)C=N3)CC2)cc1. The zero-order valence-corrected chi connectivity index (χ0v) is 22.5. The van der Waals surface area contributed by atoms with Gasteiger partial charge in [-0.2, -0.15) is 4.31 Å². The van der Waals surface area contributed by atoms with Crippen molar-refractivity contribution in [3.8, 4) is 16.9 Å². The lowest BCUT2D eigenvalue weighted by molar-refractivity contribution is -0.130. The highest BCUT2D eigenvalue weighted by atomic mass is 32.2. The summed E-state index contributed by atoms with van der Waals surface area (Å²) in [6.07, 6.45) is 2.36. The summed E-state index contributed by atoms with van der Waals surface area (Å²) < 4.78 is 34.1. The monoisotopic (exact) mass is 542 g/mol. The average Bonchev–Trinajstić information content (AvgIpc) is 2.95. The number of sulfonamides is 1. The molecule has 38 heavy (non-hydrogen) atoms. The predicted octanol–water partition coefficient (Wildman–Crippen LogP) is 1.55. The van der Waals surface area contributed by atoms with Gasteiger partial charge in [0.15, 0.2) is 0 Å². The minimum Gasteiger partial charge on any atom is -0.493 e. The first-order chi connectivity index (χ1) is 18.3. The molecule has 0 aromatic heterocycles. The number of benzene rings is 2. The number of piperazine rings is 1. The smallest absolute Gasteiger partial charge is 0.253 e. The molecule has 1 fully saturated rings. The number of ether oxygens (including phenoxy) is 1. The van der Waals surface area contributed by atoms with E-state index in [0.29, 0.717) is 38.7 Å². The van der Waals surface area contributed by atoms with Crippen LogP contribution in [0.3, 0.4) is 0 Å². The lowest BCUT2D eigenvalue weighted by Crippen LogP contribution is -2.50. The van der Waals surface area contributed by atoms with E-state index >= 15 is 0 Å². The van der Waals surface area contributed by atoms with Crippen molar-refractivity contribution in [1.29, 1.82) is 0 Å². The van der Waals surface area contributed by atoms with Gasteiger partial charge in [-0.05, 0) is 44.3 Å². The minimum atomic E-state index is -3.66. The van der Waals surface area contributed by atoms with Gasteiger partial charge < -0.3 is 14.5 Å². The van der Waals surface area contributed by atoms with Crippen molar-refractivity contribution in [2.45, 2.75) is 11.3 Å². The van der Waals surface area contributed by atoms with E-state index in [1.165, 1.54) is 10.5 Å². The van der Waals surface area contributed by atoms with E-state index in [2.05, 4.69) is 14.9 Å². The minimum absolute atomic E-state index is 0.181. The number of para-hydroxylation sites is 1. The van der Waals surface area contributed by atoms with Gasteiger partial charge >= 0.3 is 0 Å². The first-order valence-corrected chi connectivity index (χ1v) is 14.0. The Balaban J connectivity index is 1.37. The normalized spacial score (nSPS) is 18.4. The molecule has 2 aromatic rings. The maximum absolute atomic E-state index is 13.3. The third-order valence-electron chi connectivity index (χ3n) is 6.47. The second kappa shape index (κ2) is 12.5. The molecule has 2 heterocycles. The zero-order chi connectivity index (χ0) is 27.1. The maximum atomic E-state index is 13.3. The topological polar surface area (TPSA) is 127 Å². The van der Waals surface area contributed by atoms with Gasteiger partial charge in [0, 0.05) is 44.5 Å². The van der Waals surface area contributed by atoms with Gasteiger partial charge in [0.05, 0.1) is 24.0 Å². The van der Waals surface area contributed by atoms with Crippen molar-refractivity contribution < 1.29 is 23.2 Å². The van der Waals surface area contributed by atoms with Crippen LogP contribution in [0, 0.1) is 5.92 Å². The van der Waals surface area contributed by atoms with Crippen LogP contribution >= 0.6 is 0 Å². The fourth-order valence-corrected chi connectivity index (χ4v) is 5.74. The van der Waals surface area contributed by atoms with Crippen molar-refractivity contribution in [1.82, 2.24) is 19.6 Å². The summed E-state index contributed by atoms with van der Waals surface area (Å²) in [6.45, 7) is 3.18. The van der Waals surface area contributed by atoms with E-state index in [0.717, 1.165) is 29.8 Å². The number of nitrogens with one attached hydrogen (secondary N) is 1. The fourth-order valence-electron chi connectivity index (χ4n) is 4.32. The number of hydrogen-bond acceptors (Lipinski definition) is 9. The molecule has 11 nitrogen and oxygen atoms in total. The summed E-state index contributed by atoms with van der Waals surface area (Å²) in [4.78, 5) is 24.3. The Kier molecular flexibility index (Phi) is 9.10. The van der Waals surface area contributed by atoms with Crippen molar-refractivity contribution in [3.63, 3.8) is 0 Å². The molecular weight excluding hydrogens is 508 g/mol. The summed E-state index contributed by atoms with van der Waals surface area (Å²) in [6, 6.07) is 14.7. The molecule has 2 aliphatic heterocycles. The van der Waals surface area contributed by atoms with E-state index in [-0.39, 0.29) is 11.4 Å². The fraction of sp³-hybridized carbons (Fsp3) is 0.423. The van der Waals surface area contributed by atoms with Crippen LogP contribution in [-0.4, -0.2) is 106 Å². The molecule has 0 spiro atoms. The number of hydrogen-bond donors (Lipinski definition) is 2. The Labute approximate surface area is 223 Å². The van der Waals surface area contributed by atoms with Crippen molar-refractivity contribution in [2.75, 3.05) is 60.0 Å². The van der Waals surface area contributed by atoms with Gasteiger partial charge in [0.2, 0.25) is 16.0 Å². The summed E-state index contributed by atoms with van der Waals surface area (Å²) in [5.41, 5.74) is 3.41. The first kappa shape index (κ1) is 27.7. The average molecular weight is 543 g/mol. The number of guanidine groups is 1. The van der Waals surface area contributed by atoms with Crippen LogP contribution in [0.15, 0.2) is 63.4 Å². The van der Waals surface area contributed by atoms with Crippen LogP contribution in [0.1, 0.15) is 6.42 Å². The van der Waals surface area contributed by atoms with Crippen molar-refractivity contribution in [3.05, 3.63) is 48.5 Å². The Morgan fingerprint density at radius 2 is 1.82 bits per heavy atom. The highest BCUT2D eigenvalue weighted by Gasteiger charge is 2.30. The number of hydroxylamine groups is 1. The number of amides is 1. The molecule has 204 valence electrons. The number of rotatable bonds is 9. The van der Waals surface area contributed by atoms with Gasteiger partial charge in [-0.25, -0.2) is 23.9 Å². The molecule has 1 unspecified atom stereocenters. The van der Waals surface area contributed by atoms with E-state index < -0.39 is 21.8 Å². The Hall–Kier alpha value is -3.32. The Bertz CT molecular complexity index is 1270. The molecule has 0 radical (unpaired) electrons. The van der Waals surface area contributed by atoms with E-state index in [4.69, 9.17) is 9.94 Å². The third-order valence-corrected chi connectivity index (χ3v) is 8.38. The lowest BCUT2D eigenvalue weighted by Gasteiger charge is -2.35. The second-order valence-electron chi connectivity index (χ2n) is 9.42. The summed E-state index contributed by atoms with van der Waals surface area (Å²) in [7, 11) is 0.395. The van der Waals surface area contributed by atoms with Crippen molar-refractivity contribution in [2.24, 2.45) is 15.9 Å². The van der Waals surface area contributed by atoms with Crippen LogP contribution in [0.2, 0.25) is 0 Å². The number of carbonyl (C=O) groups is 1. The highest BCUT2D eigenvalue weighted by Crippen LogP contribution is 2.31. The largest absolute Gasteiger partial charge is 0.493 e. The summed E-state index contributed by atoms with van der Waals surface area (Å²) in [5.74, 6) is 0.0649. The lowest BCUT2D eigenvalue weighted by atomic mass is 10.0. The molecule has 4 rings (SSSR count). The summed E-state index contributed by atoms with van der Waals surface area (Å²) in [5, 5.41) is 8.75. The zero-order valence-electron chi connectivity index (χ0n) is 21.7. The first-order valence-electron chi connectivity index (χ1n) is 12.5. The van der Waals surface area contributed by atoms with Crippen LogP contribution < -0.4 is 10.2 Å². The van der Waals surface area contributed by atoms with Gasteiger partial charge in [-0.1, -0.05) is 30.3 Å². The molecule has 2 aliphatic rings. The highest BCUT2D eigenvalue weighted by molar-refractivity contribution is 7.89. The molecular formula is C26H34N6O5S. The standard InChI is InChI=1S/C26H34N6O5S/c1-30(2)12-5-17-37-24-7-4-3-6-23(24)20-8-10-22(11-9-20)38(35,36)32-15-13-31(14-16-32)26-27-18-21(19-28-26)25(33)29-34/h3-4,6-11,18,21,34H,5,12-17,19H2,1-2H3,(H,29,33). The van der Waals surface area contributed by atoms with E-state index in [1.54, 1.807) is 17.6 Å². The number of carbonyl (C=O) groups excluding carboxylic acids is 1. The van der Waals surface area contributed by atoms with Gasteiger partial charge in [0.25, 0.3) is 5.91 Å². The quantitative estimate of drug-likeness (QED) is 0.280. The molecule has 2 aromatic carbocycles. The van der Waals surface area contributed by atoms with Gasteiger partial charge in [-0.15, -0.1) is 0 Å². The molecule has 1 atom stereocenters. The molecule has 0 bridgehead atoms. The van der Waals surface area contributed by atoms with Gasteiger partial charge in [-0.3, -0.25) is 10.0 Å². The number of aliphatic imine (C=N–C) groups is 2. The predicted molar refractivity (Wildman–Crippen MR) is 145 cm³/mol. The van der Waals surface area contributed by atoms with Gasteiger partial charge in [0.1, 0.15) is 5.75 Å². The maximum Gasteiger partial charge on any atom is 0.253 e. The molecule has 0 saturated carbocycles. The van der Waals surface area contributed by atoms with E-state index in [9.17, 15) is 13.2 Å². The number of nitrogens with zero attached hydrogens (tertiary/aromatic N) is 5. The molecule has 0 aliphatic carbocycles. The molecule has 12 heteroatoms. The molecule has 1 saturated heterocycles. The van der Waals surface area contributed by atoms with Crippen molar-refractivity contribution >= 4 is 28.1 Å². The van der Waals surface area contributed by atoms with Crippen LogP contribution in [0.4, 0.5) is 0 Å². The van der Waals surface area contributed by atoms with Crippen LogP contribution in [0.25, 0.3) is 11.1 Å². The summed E-state index contributed by atoms with van der Waals surface area (Å²) >= 11 is 0. The Morgan fingerprint density at radius 3 is 2.45 bits per heavy atom. The third kappa shape index (κ3) is 6.57. The van der Waals surface area contributed by atoms with Crippen LogP contribution in [-0.2, 0) is 14.8 Å². The van der Waals surface area contributed by atoms with E-state index in [1.807, 2.05) is 55.4 Å². The molecule has 1 amide bonds. The Morgan fingerprint density at radius 1 is 1.11 bits per heavy atom.